The van der Waals surface area contributed by atoms with Gasteiger partial charge >= 0.3 is 0 Å². The summed E-state index contributed by atoms with van der Waals surface area (Å²) in [6.45, 7) is 4.66. The van der Waals surface area contributed by atoms with Crippen LogP contribution in [0.25, 0.3) is 10.9 Å². The number of carbonyl (C=O) groups excluding carboxylic acids is 1. The van der Waals surface area contributed by atoms with Crippen LogP contribution in [0.15, 0.2) is 54.4 Å². The van der Waals surface area contributed by atoms with E-state index < -0.39 is 0 Å². The van der Waals surface area contributed by atoms with Crippen LogP contribution in [0.3, 0.4) is 0 Å². The van der Waals surface area contributed by atoms with Crippen LogP contribution < -0.4 is 0 Å². The van der Waals surface area contributed by atoms with E-state index in [1.54, 1.807) is 40.5 Å². The highest BCUT2D eigenvalue weighted by atomic mass is 32.1. The van der Waals surface area contributed by atoms with E-state index in [0.717, 1.165) is 4.88 Å². The zero-order valence-electron chi connectivity index (χ0n) is 11.9. The summed E-state index contributed by atoms with van der Waals surface area (Å²) in [6, 6.07) is 10.3. The molecule has 1 amide bonds. The van der Waals surface area contributed by atoms with Gasteiger partial charge in [-0.2, -0.15) is 0 Å². The Morgan fingerprint density at radius 1 is 1.36 bits per heavy atom. The molecule has 112 valence electrons. The van der Waals surface area contributed by atoms with E-state index in [9.17, 15) is 9.18 Å². The molecule has 2 aromatic heterocycles. The summed E-state index contributed by atoms with van der Waals surface area (Å²) in [4.78, 5) is 18.4. The molecule has 1 aromatic carbocycles. The lowest BCUT2D eigenvalue weighted by Crippen LogP contribution is -2.30. The van der Waals surface area contributed by atoms with Crippen molar-refractivity contribution in [1.29, 1.82) is 0 Å². The van der Waals surface area contributed by atoms with Gasteiger partial charge in [-0.05, 0) is 29.6 Å². The van der Waals surface area contributed by atoms with Crippen LogP contribution in [-0.4, -0.2) is 22.3 Å². The van der Waals surface area contributed by atoms with E-state index in [-0.39, 0.29) is 11.7 Å². The molecule has 3 rings (SSSR count). The van der Waals surface area contributed by atoms with Gasteiger partial charge in [0.05, 0.1) is 6.54 Å². The molecule has 0 aliphatic heterocycles. The van der Waals surface area contributed by atoms with Gasteiger partial charge in [-0.3, -0.25) is 4.79 Å². The first-order valence-corrected chi connectivity index (χ1v) is 7.77. The molecule has 0 saturated heterocycles. The maximum absolute atomic E-state index is 13.8. The lowest BCUT2D eigenvalue weighted by molar-refractivity contribution is 0.0759. The van der Waals surface area contributed by atoms with Crippen molar-refractivity contribution in [3.05, 3.63) is 70.8 Å². The number of hydrogen-bond acceptors (Lipinski definition) is 2. The van der Waals surface area contributed by atoms with Crippen LogP contribution in [-0.2, 0) is 6.54 Å². The molecule has 5 heteroatoms. The number of benzene rings is 1. The Morgan fingerprint density at radius 2 is 2.23 bits per heavy atom. The van der Waals surface area contributed by atoms with Crippen LogP contribution in [0.1, 0.15) is 15.4 Å². The number of fused-ring (bicyclic) bond motifs is 1. The molecule has 0 fully saturated rings. The van der Waals surface area contributed by atoms with Gasteiger partial charge < -0.3 is 9.88 Å². The summed E-state index contributed by atoms with van der Waals surface area (Å²) in [5, 5.41) is 2.41. The zero-order chi connectivity index (χ0) is 15.5. The molecule has 0 atom stereocenters. The standard InChI is InChI=1S/C17H15FN2OS/c1-2-8-20(11-12-5-4-9-22-12)17(21)16-10-13-14(18)6-3-7-15(13)19-16/h2-7,9-10,19H,1,8,11H2. The molecule has 1 N–H and O–H groups in total. The highest BCUT2D eigenvalue weighted by molar-refractivity contribution is 7.09. The summed E-state index contributed by atoms with van der Waals surface area (Å²) in [5.41, 5.74) is 1.01. The first-order chi connectivity index (χ1) is 10.7. The number of hydrogen-bond donors (Lipinski definition) is 1. The number of nitrogens with one attached hydrogen (secondary N) is 1. The van der Waals surface area contributed by atoms with Crippen LogP contribution in [0.2, 0.25) is 0 Å². The summed E-state index contributed by atoms with van der Waals surface area (Å²) in [7, 11) is 0. The summed E-state index contributed by atoms with van der Waals surface area (Å²) in [5.74, 6) is -0.495. The Bertz CT molecular complexity index is 807. The highest BCUT2D eigenvalue weighted by Crippen LogP contribution is 2.21. The summed E-state index contributed by atoms with van der Waals surface area (Å²) < 4.78 is 13.8. The second-order valence-corrected chi connectivity index (χ2v) is 5.97. The van der Waals surface area contributed by atoms with Gasteiger partial charge in [0, 0.05) is 22.3 Å². The summed E-state index contributed by atoms with van der Waals surface area (Å²) >= 11 is 1.60. The number of rotatable bonds is 5. The van der Waals surface area contributed by atoms with Gasteiger partial charge in [0.2, 0.25) is 0 Å². The number of amides is 1. The van der Waals surface area contributed by atoms with E-state index in [2.05, 4.69) is 11.6 Å². The van der Waals surface area contributed by atoms with Crippen molar-refractivity contribution in [2.45, 2.75) is 6.54 Å². The maximum atomic E-state index is 13.8. The Balaban J connectivity index is 1.90. The minimum absolute atomic E-state index is 0.163. The largest absolute Gasteiger partial charge is 0.350 e. The lowest BCUT2D eigenvalue weighted by atomic mass is 10.2. The first-order valence-electron chi connectivity index (χ1n) is 6.89. The molecule has 0 bridgehead atoms. The van der Waals surface area contributed by atoms with E-state index >= 15 is 0 Å². The SMILES string of the molecule is C=CCN(Cc1cccs1)C(=O)c1cc2c(F)cccc2[nH]1. The quantitative estimate of drug-likeness (QED) is 0.704. The first kappa shape index (κ1) is 14.5. The van der Waals surface area contributed by atoms with Gasteiger partial charge in [-0.15, -0.1) is 17.9 Å². The van der Waals surface area contributed by atoms with Crippen molar-refractivity contribution < 1.29 is 9.18 Å². The average Bonchev–Trinajstić information content (AvgIpc) is 3.15. The fourth-order valence-corrected chi connectivity index (χ4v) is 3.09. The molecule has 22 heavy (non-hydrogen) atoms. The fourth-order valence-electron chi connectivity index (χ4n) is 2.37. The molecular formula is C17H15FN2OS. The van der Waals surface area contributed by atoms with Gasteiger partial charge in [-0.1, -0.05) is 18.2 Å². The van der Waals surface area contributed by atoms with Gasteiger partial charge in [0.25, 0.3) is 5.91 Å². The number of carbonyl (C=O) groups is 1. The molecule has 0 aliphatic carbocycles. The van der Waals surface area contributed by atoms with Crippen LogP contribution >= 0.6 is 11.3 Å². The topological polar surface area (TPSA) is 36.1 Å². The Morgan fingerprint density at radius 3 is 2.91 bits per heavy atom. The third kappa shape index (κ3) is 2.80. The number of nitrogens with zero attached hydrogens (tertiary/aromatic N) is 1. The lowest BCUT2D eigenvalue weighted by Gasteiger charge is -2.19. The predicted octanol–water partition coefficient (Wildman–Crippen LogP) is 4.20. The number of H-pyrrole nitrogens is 1. The van der Waals surface area contributed by atoms with Crippen molar-refractivity contribution >= 4 is 28.1 Å². The number of aromatic amines is 1. The zero-order valence-corrected chi connectivity index (χ0v) is 12.7. The Hall–Kier alpha value is -2.40. The third-order valence-corrected chi connectivity index (χ3v) is 4.27. The average molecular weight is 314 g/mol. The van der Waals surface area contributed by atoms with Crippen molar-refractivity contribution in [2.75, 3.05) is 6.54 Å². The van der Waals surface area contributed by atoms with Crippen LogP contribution in [0, 0.1) is 5.82 Å². The molecule has 3 aromatic rings. The minimum Gasteiger partial charge on any atom is -0.350 e. The number of halogens is 1. The van der Waals surface area contributed by atoms with E-state index in [1.807, 2.05) is 17.5 Å². The monoisotopic (exact) mass is 314 g/mol. The molecule has 2 heterocycles. The smallest absolute Gasteiger partial charge is 0.270 e. The molecule has 0 aliphatic rings. The van der Waals surface area contributed by atoms with Crippen LogP contribution in [0.4, 0.5) is 4.39 Å². The molecule has 0 radical (unpaired) electrons. The normalized spacial score (nSPS) is 10.8. The highest BCUT2D eigenvalue weighted by Gasteiger charge is 2.18. The van der Waals surface area contributed by atoms with E-state index in [1.165, 1.54) is 6.07 Å². The summed E-state index contributed by atoms with van der Waals surface area (Å²) in [6.07, 6.45) is 1.69. The Kier molecular flexibility index (Phi) is 4.06. The molecule has 0 unspecified atom stereocenters. The molecule has 0 saturated carbocycles. The number of thiophene rings is 1. The second-order valence-electron chi connectivity index (χ2n) is 4.94. The van der Waals surface area contributed by atoms with Gasteiger partial charge in [-0.25, -0.2) is 4.39 Å². The van der Waals surface area contributed by atoms with Gasteiger partial charge in [0.1, 0.15) is 11.5 Å². The molecule has 0 spiro atoms. The van der Waals surface area contributed by atoms with Crippen molar-refractivity contribution in [3.8, 4) is 0 Å². The van der Waals surface area contributed by atoms with Crippen molar-refractivity contribution in [1.82, 2.24) is 9.88 Å². The van der Waals surface area contributed by atoms with Crippen LogP contribution in [0.5, 0.6) is 0 Å². The fraction of sp³-hybridized carbons (Fsp3) is 0.118. The van der Waals surface area contributed by atoms with E-state index in [0.29, 0.717) is 29.7 Å². The molecule has 3 nitrogen and oxygen atoms in total. The maximum Gasteiger partial charge on any atom is 0.270 e. The van der Waals surface area contributed by atoms with Crippen molar-refractivity contribution in [3.63, 3.8) is 0 Å². The predicted molar refractivity (Wildman–Crippen MR) is 87.5 cm³/mol. The third-order valence-electron chi connectivity index (χ3n) is 3.40. The minimum atomic E-state index is -0.332. The molecular weight excluding hydrogens is 299 g/mol. The van der Waals surface area contributed by atoms with Gasteiger partial charge in [0.15, 0.2) is 0 Å². The van der Waals surface area contributed by atoms with E-state index in [4.69, 9.17) is 0 Å². The number of aromatic nitrogens is 1. The van der Waals surface area contributed by atoms with Crippen molar-refractivity contribution in [2.24, 2.45) is 0 Å². The Labute approximate surface area is 131 Å². The second kappa shape index (κ2) is 6.15.